The van der Waals surface area contributed by atoms with Gasteiger partial charge in [-0.2, -0.15) is 0 Å². The zero-order valence-electron chi connectivity index (χ0n) is 42.0. The number of unbranched alkanes of at least 4 members (excludes halogenated alkanes) is 9. The molecule has 1 aliphatic rings. The third kappa shape index (κ3) is 16.2. The van der Waals surface area contributed by atoms with Crippen LogP contribution in [0.4, 0.5) is 0 Å². The molecule has 0 N–H and O–H groups in total. The number of benzene rings is 4. The Morgan fingerprint density at radius 1 is 0.391 bits per heavy atom. The second kappa shape index (κ2) is 30.8. The fourth-order valence-electron chi connectivity index (χ4n) is 9.56. The molecule has 0 aliphatic carbocycles. The summed E-state index contributed by atoms with van der Waals surface area (Å²) in [7, 11) is 0. The van der Waals surface area contributed by atoms with Gasteiger partial charge >= 0.3 is 112 Å². The molecule has 4 aromatic carbocycles. The molecular weight excluding hydrogens is 867 g/mol. The average Bonchev–Trinajstić information content (AvgIpc) is 3.61. The Labute approximate surface area is 401 Å². The molecule has 4 aromatic rings. The Bertz CT molecular complexity index is 1930. The summed E-state index contributed by atoms with van der Waals surface area (Å²) in [6.45, 7) is 18.4. The molecule has 1 heterocycles. The second-order valence-corrected chi connectivity index (χ2v) is 20.4. The van der Waals surface area contributed by atoms with Gasteiger partial charge in [-0.1, -0.05) is 113 Å². The summed E-state index contributed by atoms with van der Waals surface area (Å²) in [5, 5.41) is 0. The van der Waals surface area contributed by atoms with Crippen molar-refractivity contribution in [3.05, 3.63) is 157 Å². The van der Waals surface area contributed by atoms with Crippen molar-refractivity contribution in [1.82, 2.24) is 0 Å². The second-order valence-electron chi connectivity index (χ2n) is 18.1. The summed E-state index contributed by atoms with van der Waals surface area (Å²) in [5.41, 5.74) is 31.8. The van der Waals surface area contributed by atoms with Crippen LogP contribution in [0.5, 0.6) is 0 Å². The molecule has 0 saturated carbocycles. The number of hydrogen-bond donors (Lipinski definition) is 0. The fourth-order valence-corrected chi connectivity index (χ4v) is 11.4. The van der Waals surface area contributed by atoms with E-state index in [1.165, 1.54) is 162 Å². The van der Waals surface area contributed by atoms with E-state index in [1.54, 1.807) is 15.8 Å². The molecule has 2 nitrogen and oxygen atoms in total. The van der Waals surface area contributed by atoms with Gasteiger partial charge < -0.3 is 5.53 Å². The first kappa shape index (κ1) is 53.2. The average molecular weight is 956 g/mol. The van der Waals surface area contributed by atoms with Crippen molar-refractivity contribution >= 4 is 11.4 Å². The minimum absolute atomic E-state index is 0.891. The summed E-state index contributed by atoms with van der Waals surface area (Å²) in [6, 6.07) is 31.4. The summed E-state index contributed by atoms with van der Waals surface area (Å²) < 4.78 is 1.66. The van der Waals surface area contributed by atoms with Gasteiger partial charge in [-0.05, 0) is 135 Å². The predicted octanol–water partition coefficient (Wildman–Crippen LogP) is 18.5. The molecule has 0 spiro atoms. The molecule has 0 radical (unpaired) electrons. The fraction of sp³-hybridized carbons (Fsp3) is 0.541. The van der Waals surface area contributed by atoms with Crippen LogP contribution in [0.15, 0.2) is 96.1 Å². The third-order valence-corrected chi connectivity index (χ3v) is 15.2. The molecule has 0 bridgehead atoms. The molecule has 5 rings (SSSR count). The van der Waals surface area contributed by atoms with Crippen molar-refractivity contribution in [2.45, 2.75) is 213 Å². The van der Waals surface area contributed by atoms with Crippen LogP contribution < -0.4 is 0 Å². The standard InChI is InChI=1S/C45H70N2.2C8H9.Pd/c1-9-17-21-22-23-25-29-43-42(28-24-18-10-2)44(38-30-34(13-5)40(26-19-11-3)35(14-6)31-38)47(46)45(43)39-32-36(15-7)41(27-20-12-4)37(16-8)33-39;2*1-2-8-6-4-3-5-7-8;/h30-33H,9-29H2,1-8H3;2*3-7H,1-2H2;. The summed E-state index contributed by atoms with van der Waals surface area (Å²) in [5.74, 6) is 0. The summed E-state index contributed by atoms with van der Waals surface area (Å²) in [6.07, 6.45) is 27.2. The SMILES string of the molecule is CCCCCCCCC1=C(c2cc(CC)c(CCCC)c(CC)c2)[N+](=[N-])C(c2cc(CC)c(CCCC)c(CC)c2)=C1CCCCC.c1ccc(C[CH2][Pd][CH2]Cc2ccccc2)cc1. The van der Waals surface area contributed by atoms with E-state index in [2.05, 4.69) is 140 Å². The van der Waals surface area contributed by atoms with Crippen LogP contribution in [0.2, 0.25) is 9.79 Å². The van der Waals surface area contributed by atoms with Crippen molar-refractivity contribution in [2.24, 2.45) is 0 Å². The van der Waals surface area contributed by atoms with E-state index in [0.29, 0.717) is 0 Å². The van der Waals surface area contributed by atoms with E-state index >= 15 is 0 Å². The van der Waals surface area contributed by atoms with E-state index in [9.17, 15) is 5.53 Å². The van der Waals surface area contributed by atoms with Crippen molar-refractivity contribution in [3.63, 3.8) is 0 Å². The Morgan fingerprint density at radius 2 is 0.734 bits per heavy atom. The van der Waals surface area contributed by atoms with Crippen LogP contribution in [0, 0.1) is 0 Å². The van der Waals surface area contributed by atoms with Gasteiger partial charge in [-0.25, -0.2) is 4.70 Å². The van der Waals surface area contributed by atoms with Gasteiger partial charge in [-0.3, -0.25) is 0 Å². The maximum atomic E-state index is 12.5. The van der Waals surface area contributed by atoms with Crippen LogP contribution in [-0.4, -0.2) is 4.70 Å². The van der Waals surface area contributed by atoms with Crippen LogP contribution >= 0.6 is 0 Å². The molecule has 0 aromatic heterocycles. The Kier molecular flexibility index (Phi) is 25.6. The van der Waals surface area contributed by atoms with Crippen molar-refractivity contribution in [1.29, 1.82) is 0 Å². The zero-order valence-corrected chi connectivity index (χ0v) is 43.5. The van der Waals surface area contributed by atoms with Crippen LogP contribution in [0.1, 0.15) is 207 Å². The Balaban J connectivity index is 0.000000438. The molecule has 64 heavy (non-hydrogen) atoms. The number of allylic oxidation sites excluding steroid dienone is 2. The molecule has 0 saturated heterocycles. The van der Waals surface area contributed by atoms with Gasteiger partial charge in [0.25, 0.3) is 0 Å². The first-order chi connectivity index (χ1) is 31.4. The topological polar surface area (TPSA) is 25.3 Å². The molecule has 0 fully saturated rings. The molecule has 3 heteroatoms. The zero-order chi connectivity index (χ0) is 45.9. The van der Waals surface area contributed by atoms with E-state index in [-0.39, 0.29) is 0 Å². The minimum atomic E-state index is 0.891. The van der Waals surface area contributed by atoms with Crippen molar-refractivity contribution in [3.8, 4) is 0 Å². The quantitative estimate of drug-likeness (QED) is 0.0294. The molecule has 352 valence electrons. The van der Waals surface area contributed by atoms with Crippen LogP contribution in [-0.2, 0) is 69.3 Å². The number of hydrogen-bond acceptors (Lipinski definition) is 0. The first-order valence-corrected chi connectivity index (χ1v) is 28.4. The summed E-state index contributed by atoms with van der Waals surface area (Å²) in [4.78, 5) is 2.70. The van der Waals surface area contributed by atoms with Crippen molar-refractivity contribution in [2.75, 3.05) is 0 Å². The van der Waals surface area contributed by atoms with E-state index < -0.39 is 0 Å². The molecule has 1 aliphatic heterocycles. The molecule has 0 atom stereocenters. The Hall–Kier alpha value is -3.38. The molecule has 0 unspecified atom stereocenters. The van der Waals surface area contributed by atoms with E-state index in [1.807, 2.05) is 0 Å². The van der Waals surface area contributed by atoms with Gasteiger partial charge in [0.05, 0.1) is 0 Å². The number of rotatable bonds is 29. The molecular formula is C61H88N2Pd. The van der Waals surface area contributed by atoms with Crippen molar-refractivity contribution < 1.29 is 22.7 Å². The molecule has 0 amide bonds. The van der Waals surface area contributed by atoms with Gasteiger partial charge in [0.2, 0.25) is 11.4 Å². The number of aryl methyl sites for hydroxylation is 6. The first-order valence-electron chi connectivity index (χ1n) is 26.2. The van der Waals surface area contributed by atoms with Gasteiger partial charge in [-0.15, -0.1) is 0 Å². The monoisotopic (exact) mass is 955 g/mol. The Morgan fingerprint density at radius 3 is 1.11 bits per heavy atom. The van der Waals surface area contributed by atoms with E-state index in [4.69, 9.17) is 0 Å². The summed E-state index contributed by atoms with van der Waals surface area (Å²) >= 11 is 0.891. The van der Waals surface area contributed by atoms with Crippen LogP contribution in [0.3, 0.4) is 0 Å². The maximum absolute atomic E-state index is 12.5. The normalized spacial score (nSPS) is 12.7. The number of nitrogens with zero attached hydrogens (tertiary/aromatic N) is 2. The van der Waals surface area contributed by atoms with Gasteiger partial charge in [0.1, 0.15) is 0 Å². The third-order valence-electron chi connectivity index (χ3n) is 13.3. The van der Waals surface area contributed by atoms with E-state index in [0.717, 1.165) is 80.7 Å². The predicted molar refractivity (Wildman–Crippen MR) is 277 cm³/mol. The van der Waals surface area contributed by atoms with Crippen LogP contribution in [0.25, 0.3) is 16.9 Å². The van der Waals surface area contributed by atoms with Gasteiger partial charge in [0.15, 0.2) is 0 Å². The van der Waals surface area contributed by atoms with Gasteiger partial charge in [0, 0.05) is 22.3 Å².